The molecule has 0 aromatic rings. The van der Waals surface area contributed by atoms with Crippen LogP contribution in [0.25, 0.3) is 0 Å². The second-order valence-corrected chi connectivity index (χ2v) is 5.67. The Morgan fingerprint density at radius 3 is 1.90 bits per heavy atom. The van der Waals surface area contributed by atoms with E-state index in [-0.39, 0.29) is 0 Å². The highest BCUT2D eigenvalue weighted by Gasteiger charge is 2.07. The van der Waals surface area contributed by atoms with Crippen LogP contribution in [-0.2, 0) is 0 Å². The van der Waals surface area contributed by atoms with Crippen molar-refractivity contribution in [3.63, 3.8) is 0 Å². The zero-order chi connectivity index (χ0) is 7.56. The standard InChI is InChI=1S/C9H14Si/c1-8(2)9(3)10-6-4-5-7-10/h4-7,10H,1-3H3. The van der Waals surface area contributed by atoms with E-state index in [0.717, 1.165) is 0 Å². The molecule has 1 rings (SSSR count). The van der Waals surface area contributed by atoms with Crippen LogP contribution in [-0.4, -0.2) is 8.80 Å². The number of hydrogen-bond donors (Lipinski definition) is 0. The first kappa shape index (κ1) is 7.54. The van der Waals surface area contributed by atoms with Gasteiger partial charge in [0.1, 0.15) is 8.80 Å². The topological polar surface area (TPSA) is 0 Å². The molecular formula is C9H14Si. The first-order valence-corrected chi connectivity index (χ1v) is 5.62. The molecule has 1 aliphatic rings. The minimum absolute atomic E-state index is 0.715. The molecule has 0 spiro atoms. The van der Waals surface area contributed by atoms with Crippen LogP contribution in [0.2, 0.25) is 0 Å². The minimum atomic E-state index is -0.715. The Balaban J connectivity index is 2.76. The minimum Gasteiger partial charge on any atom is -0.0896 e. The summed E-state index contributed by atoms with van der Waals surface area (Å²) in [4.78, 5) is 0. The van der Waals surface area contributed by atoms with E-state index in [1.807, 2.05) is 0 Å². The van der Waals surface area contributed by atoms with Crippen LogP contribution >= 0.6 is 0 Å². The van der Waals surface area contributed by atoms with Gasteiger partial charge in [-0.2, -0.15) is 0 Å². The van der Waals surface area contributed by atoms with Crippen molar-refractivity contribution < 1.29 is 0 Å². The van der Waals surface area contributed by atoms with Gasteiger partial charge < -0.3 is 0 Å². The van der Waals surface area contributed by atoms with Crippen molar-refractivity contribution in [2.24, 2.45) is 0 Å². The third kappa shape index (κ3) is 1.48. The third-order valence-electron chi connectivity index (χ3n) is 2.04. The maximum atomic E-state index is 2.36. The van der Waals surface area contributed by atoms with Gasteiger partial charge in [0.15, 0.2) is 0 Å². The summed E-state index contributed by atoms with van der Waals surface area (Å²) in [7, 11) is -0.715. The van der Waals surface area contributed by atoms with Crippen molar-refractivity contribution in [1.29, 1.82) is 0 Å². The maximum Gasteiger partial charge on any atom is 0.112 e. The molecule has 0 aliphatic carbocycles. The van der Waals surface area contributed by atoms with Crippen molar-refractivity contribution in [1.82, 2.24) is 0 Å². The number of rotatable bonds is 1. The second-order valence-electron chi connectivity index (χ2n) is 2.98. The average Bonchev–Trinajstić information content (AvgIpc) is 2.36. The van der Waals surface area contributed by atoms with Crippen LogP contribution in [0.5, 0.6) is 0 Å². The van der Waals surface area contributed by atoms with Gasteiger partial charge in [-0.15, -0.1) is 0 Å². The lowest BCUT2D eigenvalue weighted by molar-refractivity contribution is 1.33. The van der Waals surface area contributed by atoms with Crippen LogP contribution in [0, 0.1) is 0 Å². The van der Waals surface area contributed by atoms with E-state index >= 15 is 0 Å². The van der Waals surface area contributed by atoms with Crippen LogP contribution in [0.15, 0.2) is 34.3 Å². The van der Waals surface area contributed by atoms with Gasteiger partial charge in [0.25, 0.3) is 0 Å². The van der Waals surface area contributed by atoms with Crippen LogP contribution < -0.4 is 0 Å². The summed E-state index contributed by atoms with van der Waals surface area (Å²) in [5, 5.41) is 1.62. The van der Waals surface area contributed by atoms with Crippen molar-refractivity contribution >= 4 is 8.80 Å². The van der Waals surface area contributed by atoms with Gasteiger partial charge in [0.2, 0.25) is 0 Å². The molecule has 0 fully saturated rings. The van der Waals surface area contributed by atoms with Crippen molar-refractivity contribution in [3.8, 4) is 0 Å². The van der Waals surface area contributed by atoms with Gasteiger partial charge in [-0.3, -0.25) is 0 Å². The van der Waals surface area contributed by atoms with Crippen molar-refractivity contribution in [2.45, 2.75) is 20.8 Å². The lowest BCUT2D eigenvalue weighted by Crippen LogP contribution is -2.07. The largest absolute Gasteiger partial charge is 0.112 e. The Bertz CT molecular complexity index is 193. The Kier molecular flexibility index (Phi) is 2.28. The molecule has 0 saturated heterocycles. The molecule has 0 saturated carbocycles. The third-order valence-corrected chi connectivity index (χ3v) is 4.89. The molecule has 54 valence electrons. The Labute approximate surface area is 64.6 Å². The lowest BCUT2D eigenvalue weighted by atomic mass is 10.3. The SMILES string of the molecule is CC(C)=C(C)[SiH]1C=CC=C1. The van der Waals surface area contributed by atoms with Gasteiger partial charge in [0, 0.05) is 0 Å². The summed E-state index contributed by atoms with van der Waals surface area (Å²) in [5.74, 6) is 0. The Morgan fingerprint density at radius 2 is 1.50 bits per heavy atom. The summed E-state index contributed by atoms with van der Waals surface area (Å²) >= 11 is 0. The van der Waals surface area contributed by atoms with Crippen LogP contribution in [0.4, 0.5) is 0 Å². The van der Waals surface area contributed by atoms with E-state index in [1.54, 1.807) is 5.20 Å². The van der Waals surface area contributed by atoms with E-state index in [9.17, 15) is 0 Å². The Hall–Kier alpha value is -0.563. The highest BCUT2D eigenvalue weighted by molar-refractivity contribution is 6.77. The number of allylic oxidation sites excluding steroid dienone is 4. The maximum absolute atomic E-state index is 2.36. The molecule has 0 bridgehead atoms. The molecule has 0 amide bonds. The fraction of sp³-hybridized carbons (Fsp3) is 0.333. The van der Waals surface area contributed by atoms with E-state index in [2.05, 4.69) is 44.3 Å². The van der Waals surface area contributed by atoms with E-state index < -0.39 is 8.80 Å². The molecular weight excluding hydrogens is 136 g/mol. The summed E-state index contributed by atoms with van der Waals surface area (Å²) in [6, 6.07) is 0. The highest BCUT2D eigenvalue weighted by Crippen LogP contribution is 2.12. The molecule has 1 heteroatoms. The highest BCUT2D eigenvalue weighted by atomic mass is 28.3. The van der Waals surface area contributed by atoms with E-state index in [0.29, 0.717) is 0 Å². The molecule has 0 N–H and O–H groups in total. The van der Waals surface area contributed by atoms with Gasteiger partial charge in [-0.25, -0.2) is 0 Å². The van der Waals surface area contributed by atoms with Gasteiger partial charge in [-0.05, 0) is 20.8 Å². The van der Waals surface area contributed by atoms with Gasteiger partial charge in [-0.1, -0.05) is 34.3 Å². The lowest BCUT2D eigenvalue weighted by Gasteiger charge is -2.05. The summed E-state index contributed by atoms with van der Waals surface area (Å²) in [6.45, 7) is 6.65. The first-order valence-electron chi connectivity index (χ1n) is 3.71. The second kappa shape index (κ2) is 3.02. The zero-order valence-corrected chi connectivity index (χ0v) is 8.04. The number of hydrogen-bond acceptors (Lipinski definition) is 0. The first-order chi connectivity index (χ1) is 4.72. The molecule has 1 aliphatic heterocycles. The Morgan fingerprint density at radius 1 is 1.00 bits per heavy atom. The quantitative estimate of drug-likeness (QED) is 0.503. The normalized spacial score (nSPS) is 16.3. The molecule has 0 radical (unpaired) electrons. The molecule has 0 aromatic heterocycles. The fourth-order valence-electron chi connectivity index (χ4n) is 1.05. The molecule has 0 nitrogen and oxygen atoms in total. The zero-order valence-electron chi connectivity index (χ0n) is 6.89. The predicted octanol–water partition coefficient (Wildman–Crippen LogP) is 2.31. The molecule has 0 aromatic carbocycles. The summed E-state index contributed by atoms with van der Waals surface area (Å²) in [5.41, 5.74) is 6.22. The molecule has 10 heavy (non-hydrogen) atoms. The smallest absolute Gasteiger partial charge is 0.0896 e. The summed E-state index contributed by atoms with van der Waals surface area (Å²) < 4.78 is 0. The van der Waals surface area contributed by atoms with E-state index in [1.165, 1.54) is 5.57 Å². The van der Waals surface area contributed by atoms with Crippen molar-refractivity contribution in [2.75, 3.05) is 0 Å². The molecule has 0 atom stereocenters. The van der Waals surface area contributed by atoms with Crippen LogP contribution in [0.3, 0.4) is 0 Å². The van der Waals surface area contributed by atoms with Crippen molar-refractivity contribution in [3.05, 3.63) is 34.3 Å². The van der Waals surface area contributed by atoms with Gasteiger partial charge >= 0.3 is 0 Å². The molecule has 0 unspecified atom stereocenters. The van der Waals surface area contributed by atoms with Crippen LogP contribution in [0.1, 0.15) is 20.8 Å². The van der Waals surface area contributed by atoms with E-state index in [4.69, 9.17) is 0 Å². The summed E-state index contributed by atoms with van der Waals surface area (Å²) in [6.07, 6.45) is 4.34. The monoisotopic (exact) mass is 150 g/mol. The van der Waals surface area contributed by atoms with Gasteiger partial charge in [0.05, 0.1) is 0 Å². The predicted molar refractivity (Wildman–Crippen MR) is 49.5 cm³/mol. The molecule has 1 heterocycles. The average molecular weight is 150 g/mol. The fourth-order valence-corrected chi connectivity index (χ4v) is 3.16.